The molecule has 0 bridgehead atoms. The molecule has 0 aliphatic heterocycles. The first-order valence-electron chi connectivity index (χ1n) is 5.88. The summed E-state index contributed by atoms with van der Waals surface area (Å²) in [6, 6.07) is 0. The highest BCUT2D eigenvalue weighted by Crippen LogP contribution is 2.11. The van der Waals surface area contributed by atoms with E-state index in [1.807, 2.05) is 0 Å². The van der Waals surface area contributed by atoms with Crippen LogP contribution in [0.4, 0.5) is 0 Å². The zero-order valence-electron chi connectivity index (χ0n) is 10.3. The first kappa shape index (κ1) is 13.1. The van der Waals surface area contributed by atoms with Gasteiger partial charge < -0.3 is 14.6 Å². The normalized spacial score (nSPS) is 12.9. The lowest BCUT2D eigenvalue weighted by molar-refractivity contribution is 0.114. The summed E-state index contributed by atoms with van der Waals surface area (Å²) in [6.07, 6.45) is 1.00. The van der Waals surface area contributed by atoms with Crippen LogP contribution < -0.4 is 5.32 Å². The summed E-state index contributed by atoms with van der Waals surface area (Å²) < 4.78 is 10.5. The van der Waals surface area contributed by atoms with Crippen LogP contribution in [0, 0.1) is 0 Å². The molecular formula is C11H21N3O2. The van der Waals surface area contributed by atoms with E-state index < -0.39 is 0 Å². The van der Waals surface area contributed by atoms with Crippen molar-refractivity contribution < 1.29 is 9.26 Å². The zero-order valence-corrected chi connectivity index (χ0v) is 10.3. The van der Waals surface area contributed by atoms with Crippen molar-refractivity contribution in [3.63, 3.8) is 0 Å². The maximum absolute atomic E-state index is 5.34. The van der Waals surface area contributed by atoms with E-state index in [4.69, 9.17) is 9.26 Å². The maximum atomic E-state index is 5.34. The topological polar surface area (TPSA) is 60.2 Å². The van der Waals surface area contributed by atoms with Crippen LogP contribution in [0.1, 0.15) is 44.8 Å². The Labute approximate surface area is 96.6 Å². The van der Waals surface area contributed by atoms with E-state index in [1.165, 1.54) is 0 Å². The van der Waals surface area contributed by atoms with Gasteiger partial charge in [-0.2, -0.15) is 4.98 Å². The van der Waals surface area contributed by atoms with E-state index in [0.717, 1.165) is 26.1 Å². The van der Waals surface area contributed by atoms with Crippen molar-refractivity contribution in [1.29, 1.82) is 0 Å². The zero-order chi connectivity index (χ0) is 11.8. The molecular weight excluding hydrogens is 206 g/mol. The van der Waals surface area contributed by atoms with Gasteiger partial charge in [0.1, 0.15) is 6.61 Å². The van der Waals surface area contributed by atoms with Crippen LogP contribution >= 0.6 is 0 Å². The average molecular weight is 227 g/mol. The molecule has 1 rings (SSSR count). The van der Waals surface area contributed by atoms with Crippen LogP contribution in [0.2, 0.25) is 0 Å². The van der Waals surface area contributed by atoms with Crippen molar-refractivity contribution in [3.05, 3.63) is 11.7 Å². The molecule has 1 atom stereocenters. The largest absolute Gasteiger partial charge is 0.373 e. The van der Waals surface area contributed by atoms with Gasteiger partial charge in [-0.05, 0) is 13.0 Å². The van der Waals surface area contributed by atoms with E-state index in [2.05, 4.69) is 36.2 Å². The summed E-state index contributed by atoms with van der Waals surface area (Å²) in [5.41, 5.74) is 0. The van der Waals surface area contributed by atoms with Crippen LogP contribution in [-0.2, 0) is 11.3 Å². The number of nitrogens with zero attached hydrogens (tertiary/aromatic N) is 2. The number of rotatable bonds is 8. The van der Waals surface area contributed by atoms with Gasteiger partial charge in [0.2, 0.25) is 5.89 Å². The highest BCUT2D eigenvalue weighted by Gasteiger charge is 2.13. The first-order valence-corrected chi connectivity index (χ1v) is 5.88. The lowest BCUT2D eigenvalue weighted by atomic mass is 10.2. The summed E-state index contributed by atoms with van der Waals surface area (Å²) in [6.45, 7) is 9.18. The molecule has 0 saturated carbocycles. The highest BCUT2D eigenvalue weighted by atomic mass is 16.5. The summed E-state index contributed by atoms with van der Waals surface area (Å²) in [4.78, 5) is 4.29. The van der Waals surface area contributed by atoms with E-state index in [0.29, 0.717) is 18.3 Å². The van der Waals surface area contributed by atoms with E-state index >= 15 is 0 Å². The average Bonchev–Trinajstić information content (AvgIpc) is 2.75. The van der Waals surface area contributed by atoms with Crippen molar-refractivity contribution >= 4 is 0 Å². The van der Waals surface area contributed by atoms with E-state index in [9.17, 15) is 0 Å². The summed E-state index contributed by atoms with van der Waals surface area (Å²) >= 11 is 0. The molecule has 1 N–H and O–H groups in total. The third kappa shape index (κ3) is 4.28. The predicted octanol–water partition coefficient (Wildman–Crippen LogP) is 1.71. The Morgan fingerprint density at radius 2 is 2.25 bits per heavy atom. The lowest BCUT2D eigenvalue weighted by Gasteiger charge is -2.05. The van der Waals surface area contributed by atoms with Gasteiger partial charge in [0, 0.05) is 19.1 Å². The summed E-state index contributed by atoms with van der Waals surface area (Å²) in [7, 11) is 0. The molecule has 1 aromatic rings. The van der Waals surface area contributed by atoms with Gasteiger partial charge in [0.25, 0.3) is 0 Å². The summed E-state index contributed by atoms with van der Waals surface area (Å²) in [5, 5.41) is 7.13. The van der Waals surface area contributed by atoms with Gasteiger partial charge in [-0.1, -0.05) is 25.9 Å². The molecule has 1 unspecified atom stereocenters. The number of hydrogen-bond donors (Lipinski definition) is 1. The fourth-order valence-corrected chi connectivity index (χ4v) is 1.28. The molecule has 92 valence electrons. The van der Waals surface area contributed by atoms with Crippen molar-refractivity contribution in [2.75, 3.05) is 19.7 Å². The van der Waals surface area contributed by atoms with Gasteiger partial charge in [-0.25, -0.2) is 0 Å². The maximum Gasteiger partial charge on any atom is 0.230 e. The van der Waals surface area contributed by atoms with Gasteiger partial charge in [-0.3, -0.25) is 0 Å². The molecule has 0 saturated heterocycles. The molecule has 0 amide bonds. The van der Waals surface area contributed by atoms with Crippen LogP contribution in [0.15, 0.2) is 4.52 Å². The Kier molecular flexibility index (Phi) is 6.03. The van der Waals surface area contributed by atoms with Gasteiger partial charge in [-0.15, -0.1) is 0 Å². The Hall–Kier alpha value is -0.940. The molecule has 1 heterocycles. The molecule has 0 radical (unpaired) electrons. The Morgan fingerprint density at radius 3 is 2.94 bits per heavy atom. The number of ether oxygens (including phenoxy) is 1. The molecule has 0 aliphatic carbocycles. The van der Waals surface area contributed by atoms with Crippen molar-refractivity contribution in [3.8, 4) is 0 Å². The minimum Gasteiger partial charge on any atom is -0.373 e. The van der Waals surface area contributed by atoms with E-state index in [1.54, 1.807) is 0 Å². The molecule has 5 nitrogen and oxygen atoms in total. The van der Waals surface area contributed by atoms with Gasteiger partial charge in [0.05, 0.1) is 0 Å². The minimum atomic E-state index is 0.243. The Balaban J connectivity index is 2.37. The van der Waals surface area contributed by atoms with Crippen LogP contribution in [0.5, 0.6) is 0 Å². The Morgan fingerprint density at radius 1 is 1.44 bits per heavy atom. The molecule has 0 aliphatic rings. The Bertz CT molecular complexity index is 289. The predicted molar refractivity (Wildman–Crippen MR) is 61.2 cm³/mol. The van der Waals surface area contributed by atoms with Gasteiger partial charge >= 0.3 is 0 Å². The van der Waals surface area contributed by atoms with Crippen LogP contribution in [-0.4, -0.2) is 29.8 Å². The summed E-state index contributed by atoms with van der Waals surface area (Å²) in [5.74, 6) is 1.55. The lowest BCUT2D eigenvalue weighted by Crippen LogP contribution is -2.19. The van der Waals surface area contributed by atoms with Crippen molar-refractivity contribution in [2.45, 2.75) is 39.7 Å². The third-order valence-corrected chi connectivity index (χ3v) is 2.19. The monoisotopic (exact) mass is 227 g/mol. The number of hydrogen-bond acceptors (Lipinski definition) is 5. The fourth-order valence-electron chi connectivity index (χ4n) is 1.28. The van der Waals surface area contributed by atoms with Gasteiger partial charge in [0.15, 0.2) is 5.82 Å². The standard InChI is InChI=1S/C11H21N3O2/c1-4-6-15-8-10-13-11(16-14-10)9(3)7-12-5-2/h9,12H,4-8H2,1-3H3. The molecule has 5 heteroatoms. The molecule has 0 fully saturated rings. The molecule has 1 aromatic heterocycles. The van der Waals surface area contributed by atoms with Crippen LogP contribution in [0.25, 0.3) is 0 Å². The molecule has 16 heavy (non-hydrogen) atoms. The number of nitrogens with one attached hydrogen (secondary N) is 1. The second-order valence-corrected chi connectivity index (χ2v) is 3.81. The number of likely N-dealkylation sites (N-methyl/N-ethyl adjacent to an activating group) is 1. The second kappa shape index (κ2) is 7.35. The fraction of sp³-hybridized carbons (Fsp3) is 0.818. The number of aromatic nitrogens is 2. The van der Waals surface area contributed by atoms with Crippen molar-refractivity contribution in [1.82, 2.24) is 15.5 Å². The van der Waals surface area contributed by atoms with Crippen molar-refractivity contribution in [2.24, 2.45) is 0 Å². The quantitative estimate of drug-likeness (QED) is 0.685. The third-order valence-electron chi connectivity index (χ3n) is 2.19. The molecule has 0 aromatic carbocycles. The highest BCUT2D eigenvalue weighted by molar-refractivity contribution is 4.92. The minimum absolute atomic E-state index is 0.243. The first-order chi connectivity index (χ1) is 7.77. The SMILES string of the molecule is CCCOCc1noc(C(C)CNCC)n1. The van der Waals surface area contributed by atoms with E-state index in [-0.39, 0.29) is 5.92 Å². The molecule has 0 spiro atoms. The smallest absolute Gasteiger partial charge is 0.230 e. The second-order valence-electron chi connectivity index (χ2n) is 3.81. The van der Waals surface area contributed by atoms with Crippen LogP contribution in [0.3, 0.4) is 0 Å².